The molecule has 136 valence electrons. The van der Waals surface area contributed by atoms with Crippen molar-refractivity contribution in [3.05, 3.63) is 23.8 Å². The highest BCUT2D eigenvalue weighted by atomic mass is 16.5. The molecule has 1 aliphatic heterocycles. The summed E-state index contributed by atoms with van der Waals surface area (Å²) < 4.78 is 11.4. The van der Waals surface area contributed by atoms with Crippen LogP contribution in [-0.2, 0) is 11.2 Å². The average Bonchev–Trinajstić information content (AvgIpc) is 3.17. The molecule has 3 aliphatic rings. The molecule has 0 spiro atoms. The van der Waals surface area contributed by atoms with Gasteiger partial charge in [-0.05, 0) is 68.1 Å². The first-order chi connectivity index (χ1) is 12.2. The SMILES string of the molecule is CC(NC(=O)CCc1ccc2c(c1)OCCCO2)C1CC2CCC1C2. The molecule has 0 saturated heterocycles. The van der Waals surface area contributed by atoms with Crippen molar-refractivity contribution in [1.82, 2.24) is 5.32 Å². The number of nitrogens with one attached hydrogen (secondary N) is 1. The zero-order valence-corrected chi connectivity index (χ0v) is 15.1. The second-order valence-electron chi connectivity index (χ2n) is 8.03. The fraction of sp³-hybridized carbons (Fsp3) is 0.667. The maximum atomic E-state index is 12.4. The number of carbonyl (C=O) groups excluding carboxylic acids is 1. The van der Waals surface area contributed by atoms with Gasteiger partial charge in [0.2, 0.25) is 5.91 Å². The van der Waals surface area contributed by atoms with E-state index >= 15 is 0 Å². The van der Waals surface area contributed by atoms with Crippen molar-refractivity contribution < 1.29 is 14.3 Å². The Morgan fingerprint density at radius 2 is 2.04 bits per heavy atom. The first kappa shape index (κ1) is 16.7. The molecule has 0 aromatic heterocycles. The average molecular weight is 343 g/mol. The van der Waals surface area contributed by atoms with E-state index in [1.54, 1.807) is 0 Å². The summed E-state index contributed by atoms with van der Waals surface area (Å²) in [6.07, 6.45) is 7.67. The molecule has 1 aromatic rings. The third-order valence-electron chi connectivity index (χ3n) is 6.28. The molecule has 2 bridgehead atoms. The molecule has 1 amide bonds. The number of amides is 1. The first-order valence-electron chi connectivity index (χ1n) is 9.87. The Hall–Kier alpha value is -1.71. The van der Waals surface area contributed by atoms with Crippen LogP contribution in [0, 0.1) is 17.8 Å². The third kappa shape index (κ3) is 3.78. The molecule has 25 heavy (non-hydrogen) atoms. The number of carbonyl (C=O) groups is 1. The van der Waals surface area contributed by atoms with Crippen molar-refractivity contribution in [1.29, 1.82) is 0 Å². The van der Waals surface area contributed by atoms with Crippen LogP contribution < -0.4 is 14.8 Å². The van der Waals surface area contributed by atoms with Gasteiger partial charge in [-0.1, -0.05) is 12.5 Å². The fourth-order valence-corrected chi connectivity index (χ4v) is 4.96. The number of rotatable bonds is 5. The van der Waals surface area contributed by atoms with Gasteiger partial charge in [-0.3, -0.25) is 4.79 Å². The van der Waals surface area contributed by atoms with Gasteiger partial charge in [0.25, 0.3) is 0 Å². The molecule has 1 heterocycles. The van der Waals surface area contributed by atoms with Gasteiger partial charge in [0.1, 0.15) is 0 Å². The lowest BCUT2D eigenvalue weighted by Gasteiger charge is -2.28. The highest BCUT2D eigenvalue weighted by Gasteiger charge is 2.42. The standard InChI is InChI=1S/C21H29NO3/c1-14(18-12-16-3-6-17(18)11-16)22-21(23)8-5-15-4-7-19-20(13-15)25-10-2-9-24-19/h4,7,13-14,16-18H,2-3,5-6,8-12H2,1H3,(H,22,23). The summed E-state index contributed by atoms with van der Waals surface area (Å²) in [4.78, 5) is 12.4. The van der Waals surface area contributed by atoms with Crippen LogP contribution in [0.15, 0.2) is 18.2 Å². The van der Waals surface area contributed by atoms with Crippen LogP contribution in [0.3, 0.4) is 0 Å². The number of fused-ring (bicyclic) bond motifs is 3. The lowest BCUT2D eigenvalue weighted by atomic mass is 9.84. The van der Waals surface area contributed by atoms with E-state index < -0.39 is 0 Å². The van der Waals surface area contributed by atoms with E-state index in [1.807, 2.05) is 18.2 Å². The summed E-state index contributed by atoms with van der Waals surface area (Å²) in [6.45, 7) is 3.59. The maximum absolute atomic E-state index is 12.4. The highest BCUT2D eigenvalue weighted by molar-refractivity contribution is 5.76. The maximum Gasteiger partial charge on any atom is 0.220 e. The van der Waals surface area contributed by atoms with Crippen LogP contribution in [0.1, 0.15) is 51.0 Å². The second kappa shape index (κ2) is 7.27. The number of benzene rings is 1. The summed E-state index contributed by atoms with van der Waals surface area (Å²) in [7, 11) is 0. The van der Waals surface area contributed by atoms with E-state index in [4.69, 9.17) is 9.47 Å². The van der Waals surface area contributed by atoms with Crippen molar-refractivity contribution in [3.63, 3.8) is 0 Å². The molecule has 0 radical (unpaired) electrons. The van der Waals surface area contributed by atoms with Gasteiger partial charge in [0, 0.05) is 18.9 Å². The van der Waals surface area contributed by atoms with E-state index in [2.05, 4.69) is 12.2 Å². The molecule has 4 atom stereocenters. The Morgan fingerprint density at radius 1 is 1.20 bits per heavy atom. The second-order valence-corrected chi connectivity index (χ2v) is 8.03. The molecular formula is C21H29NO3. The van der Waals surface area contributed by atoms with Gasteiger partial charge in [-0.25, -0.2) is 0 Å². The lowest BCUT2D eigenvalue weighted by Crippen LogP contribution is -2.40. The predicted molar refractivity (Wildman–Crippen MR) is 96.9 cm³/mol. The van der Waals surface area contributed by atoms with Crippen LogP contribution in [-0.4, -0.2) is 25.2 Å². The Labute approximate surface area is 150 Å². The van der Waals surface area contributed by atoms with Crippen molar-refractivity contribution in [2.24, 2.45) is 17.8 Å². The molecular weight excluding hydrogens is 314 g/mol. The third-order valence-corrected chi connectivity index (χ3v) is 6.28. The first-order valence-corrected chi connectivity index (χ1v) is 9.87. The molecule has 4 unspecified atom stereocenters. The van der Waals surface area contributed by atoms with Crippen LogP contribution in [0.2, 0.25) is 0 Å². The van der Waals surface area contributed by atoms with Gasteiger partial charge in [0.05, 0.1) is 13.2 Å². The molecule has 2 aliphatic carbocycles. The van der Waals surface area contributed by atoms with Gasteiger partial charge in [0.15, 0.2) is 11.5 Å². The van der Waals surface area contributed by atoms with Gasteiger partial charge in [-0.2, -0.15) is 0 Å². The highest BCUT2D eigenvalue weighted by Crippen LogP contribution is 2.49. The van der Waals surface area contributed by atoms with Crippen molar-refractivity contribution in [2.75, 3.05) is 13.2 Å². The minimum atomic E-state index is 0.169. The smallest absolute Gasteiger partial charge is 0.220 e. The van der Waals surface area contributed by atoms with Gasteiger partial charge >= 0.3 is 0 Å². The zero-order chi connectivity index (χ0) is 17.2. The van der Waals surface area contributed by atoms with E-state index in [0.29, 0.717) is 31.6 Å². The van der Waals surface area contributed by atoms with Crippen LogP contribution in [0.5, 0.6) is 11.5 Å². The van der Waals surface area contributed by atoms with Gasteiger partial charge in [-0.15, -0.1) is 0 Å². The quantitative estimate of drug-likeness (QED) is 0.886. The predicted octanol–water partition coefficient (Wildman–Crippen LogP) is 3.72. The van der Waals surface area contributed by atoms with E-state index in [-0.39, 0.29) is 5.91 Å². The van der Waals surface area contributed by atoms with Crippen molar-refractivity contribution >= 4 is 5.91 Å². The number of hydrogen-bond acceptors (Lipinski definition) is 3. The molecule has 1 aromatic carbocycles. The normalized spacial score (nSPS) is 28.4. The van der Waals surface area contributed by atoms with Crippen molar-refractivity contribution in [2.45, 2.75) is 57.9 Å². The largest absolute Gasteiger partial charge is 0.490 e. The van der Waals surface area contributed by atoms with Crippen molar-refractivity contribution in [3.8, 4) is 11.5 Å². The van der Waals surface area contributed by atoms with Crippen LogP contribution >= 0.6 is 0 Å². The van der Waals surface area contributed by atoms with Crippen LogP contribution in [0.25, 0.3) is 0 Å². The minimum absolute atomic E-state index is 0.169. The zero-order valence-electron chi connectivity index (χ0n) is 15.1. The minimum Gasteiger partial charge on any atom is -0.490 e. The summed E-state index contributed by atoms with van der Waals surface area (Å²) in [5.41, 5.74) is 1.13. The van der Waals surface area contributed by atoms with E-state index in [0.717, 1.165) is 41.7 Å². The number of aryl methyl sites for hydroxylation is 1. The summed E-state index contributed by atoms with van der Waals surface area (Å²) in [5.74, 6) is 4.27. The topological polar surface area (TPSA) is 47.6 Å². The van der Waals surface area contributed by atoms with Crippen LogP contribution in [0.4, 0.5) is 0 Å². The Kier molecular flexibility index (Phi) is 4.87. The Balaban J connectivity index is 1.28. The molecule has 4 rings (SSSR count). The van der Waals surface area contributed by atoms with E-state index in [9.17, 15) is 4.79 Å². The molecule has 1 N–H and O–H groups in total. The fourth-order valence-electron chi connectivity index (χ4n) is 4.96. The van der Waals surface area contributed by atoms with E-state index in [1.165, 1.54) is 25.7 Å². The van der Waals surface area contributed by atoms with Gasteiger partial charge < -0.3 is 14.8 Å². The summed E-state index contributed by atoms with van der Waals surface area (Å²) >= 11 is 0. The summed E-state index contributed by atoms with van der Waals surface area (Å²) in [6, 6.07) is 6.34. The summed E-state index contributed by atoms with van der Waals surface area (Å²) in [5, 5.41) is 3.25. The molecule has 4 nitrogen and oxygen atoms in total. The Bertz CT molecular complexity index is 630. The number of hydrogen-bond donors (Lipinski definition) is 1. The molecule has 4 heteroatoms. The molecule has 2 saturated carbocycles. The monoisotopic (exact) mass is 343 g/mol. The number of ether oxygens (including phenoxy) is 2. The molecule has 2 fully saturated rings. The lowest BCUT2D eigenvalue weighted by molar-refractivity contribution is -0.122. The Morgan fingerprint density at radius 3 is 2.80 bits per heavy atom.